The first-order valence-electron chi connectivity index (χ1n) is 8.99. The Hall–Kier alpha value is -3.82. The van der Waals surface area contributed by atoms with Gasteiger partial charge in [-0.15, -0.1) is 0 Å². The number of halogens is 3. The van der Waals surface area contributed by atoms with Crippen LogP contribution in [0.5, 0.6) is 5.75 Å². The first-order chi connectivity index (χ1) is 14.4. The third-order valence-electron chi connectivity index (χ3n) is 4.26. The molecule has 0 saturated carbocycles. The zero-order valence-corrected chi connectivity index (χ0v) is 15.5. The second-order valence-electron chi connectivity index (χ2n) is 6.34. The van der Waals surface area contributed by atoms with Gasteiger partial charge < -0.3 is 10.1 Å². The van der Waals surface area contributed by atoms with Gasteiger partial charge >= 0.3 is 6.18 Å². The summed E-state index contributed by atoms with van der Waals surface area (Å²) in [4.78, 5) is 19.3. The van der Waals surface area contributed by atoms with Crippen molar-refractivity contribution in [3.8, 4) is 11.4 Å². The fourth-order valence-electron chi connectivity index (χ4n) is 2.86. The smallest absolute Gasteiger partial charge is 0.416 e. The molecule has 0 bridgehead atoms. The minimum Gasteiger partial charge on any atom is -0.492 e. The summed E-state index contributed by atoms with van der Waals surface area (Å²) in [5.74, 6) is 0.309. The van der Waals surface area contributed by atoms with Crippen LogP contribution in [-0.4, -0.2) is 32.9 Å². The minimum absolute atomic E-state index is 0.0704. The molecule has 2 aromatic carbocycles. The lowest BCUT2D eigenvalue weighted by Crippen LogP contribution is -2.17. The molecule has 4 rings (SSSR count). The van der Waals surface area contributed by atoms with E-state index in [-0.39, 0.29) is 30.4 Å². The molecule has 0 fully saturated rings. The van der Waals surface area contributed by atoms with Crippen molar-refractivity contribution in [1.82, 2.24) is 19.7 Å². The molecule has 2 aromatic heterocycles. The highest BCUT2D eigenvalue weighted by Gasteiger charge is 2.30. The van der Waals surface area contributed by atoms with E-state index in [4.69, 9.17) is 4.74 Å². The number of H-pyrrole nitrogens is 1. The van der Waals surface area contributed by atoms with E-state index in [0.717, 1.165) is 17.8 Å². The van der Waals surface area contributed by atoms with E-state index in [9.17, 15) is 18.0 Å². The van der Waals surface area contributed by atoms with Gasteiger partial charge in [-0.1, -0.05) is 24.3 Å². The van der Waals surface area contributed by atoms with E-state index in [1.165, 1.54) is 18.3 Å². The summed E-state index contributed by atoms with van der Waals surface area (Å²) in [6.45, 7) is 0.283. The number of para-hydroxylation sites is 1. The van der Waals surface area contributed by atoms with Crippen molar-refractivity contribution in [2.24, 2.45) is 0 Å². The lowest BCUT2D eigenvalue weighted by Gasteiger charge is -2.11. The second kappa shape index (κ2) is 7.90. The monoisotopic (exact) mass is 415 g/mol. The molecular weight excluding hydrogens is 399 g/mol. The van der Waals surface area contributed by atoms with Crippen molar-refractivity contribution in [3.63, 3.8) is 0 Å². The van der Waals surface area contributed by atoms with Gasteiger partial charge in [0.05, 0.1) is 24.0 Å². The van der Waals surface area contributed by atoms with Crippen molar-refractivity contribution >= 4 is 17.0 Å². The maximum Gasteiger partial charge on any atom is 0.416 e. The molecule has 2 N–H and O–H groups in total. The average Bonchev–Trinajstić information content (AvgIpc) is 3.16. The summed E-state index contributed by atoms with van der Waals surface area (Å²) in [6.07, 6.45) is -2.99. The summed E-state index contributed by atoms with van der Waals surface area (Å²) in [5, 5.41) is 7.47. The standard InChI is InChI=1S/C20H16F3N5O2/c21-20(22,23)13-5-4-8-15(11-13)30-10-9-24-19-26-17-16(18(29)27-19)12-25-28(17)14-6-2-1-3-7-14/h1-8,11-12H,9-10H2,(H2,24,26,27,29). The van der Waals surface area contributed by atoms with Crippen molar-refractivity contribution in [2.45, 2.75) is 6.18 Å². The van der Waals surface area contributed by atoms with Gasteiger partial charge in [-0.25, -0.2) is 4.68 Å². The highest BCUT2D eigenvalue weighted by Crippen LogP contribution is 2.31. The van der Waals surface area contributed by atoms with Gasteiger partial charge in [0, 0.05) is 0 Å². The Morgan fingerprint density at radius 3 is 2.67 bits per heavy atom. The number of nitrogens with one attached hydrogen (secondary N) is 2. The first kappa shape index (κ1) is 19.5. The Kier molecular flexibility index (Phi) is 5.13. The topological polar surface area (TPSA) is 84.8 Å². The van der Waals surface area contributed by atoms with E-state index in [2.05, 4.69) is 20.4 Å². The number of hydrogen-bond acceptors (Lipinski definition) is 5. The predicted octanol–water partition coefficient (Wildman–Crippen LogP) is 3.62. The molecule has 2 heterocycles. The second-order valence-corrected chi connectivity index (χ2v) is 6.34. The van der Waals surface area contributed by atoms with Gasteiger partial charge in [-0.3, -0.25) is 9.78 Å². The molecule has 30 heavy (non-hydrogen) atoms. The molecule has 0 spiro atoms. The largest absolute Gasteiger partial charge is 0.492 e. The molecule has 0 radical (unpaired) electrons. The summed E-state index contributed by atoms with van der Waals surface area (Å²) in [5.41, 5.74) is -0.00210. The molecule has 154 valence electrons. The van der Waals surface area contributed by atoms with Crippen LogP contribution in [0.3, 0.4) is 0 Å². The highest BCUT2D eigenvalue weighted by molar-refractivity contribution is 5.76. The maximum absolute atomic E-state index is 12.8. The van der Waals surface area contributed by atoms with Gasteiger partial charge in [0.25, 0.3) is 5.56 Å². The first-order valence-corrected chi connectivity index (χ1v) is 8.99. The molecule has 0 amide bonds. The molecular formula is C20H16F3N5O2. The fourth-order valence-corrected chi connectivity index (χ4v) is 2.86. The third-order valence-corrected chi connectivity index (χ3v) is 4.26. The van der Waals surface area contributed by atoms with Gasteiger partial charge in [0.2, 0.25) is 5.95 Å². The Morgan fingerprint density at radius 1 is 1.10 bits per heavy atom. The summed E-state index contributed by atoms with van der Waals surface area (Å²) in [7, 11) is 0. The van der Waals surface area contributed by atoms with Crippen LogP contribution < -0.4 is 15.6 Å². The van der Waals surface area contributed by atoms with E-state index < -0.39 is 11.7 Å². The molecule has 4 aromatic rings. The molecule has 0 atom stereocenters. The van der Waals surface area contributed by atoms with Gasteiger partial charge in [-0.2, -0.15) is 23.3 Å². The number of alkyl halides is 3. The quantitative estimate of drug-likeness (QED) is 0.470. The van der Waals surface area contributed by atoms with Crippen LogP contribution in [-0.2, 0) is 6.18 Å². The molecule has 0 unspecified atom stereocenters. The van der Waals surface area contributed by atoms with Crippen LogP contribution in [0, 0.1) is 0 Å². The van der Waals surface area contributed by atoms with Crippen LogP contribution in [0.1, 0.15) is 5.56 Å². The van der Waals surface area contributed by atoms with E-state index in [0.29, 0.717) is 11.0 Å². The lowest BCUT2D eigenvalue weighted by atomic mass is 10.2. The van der Waals surface area contributed by atoms with Crippen LogP contribution in [0.4, 0.5) is 19.1 Å². The zero-order valence-electron chi connectivity index (χ0n) is 15.5. The third kappa shape index (κ3) is 4.12. The Bertz CT molecular complexity index is 1220. The molecule has 0 aliphatic rings. The highest BCUT2D eigenvalue weighted by atomic mass is 19.4. The molecule has 0 aliphatic carbocycles. The number of fused-ring (bicyclic) bond motifs is 1. The van der Waals surface area contributed by atoms with E-state index in [1.54, 1.807) is 4.68 Å². The number of aromatic nitrogens is 4. The molecule has 0 saturated heterocycles. The Labute approximate surface area is 168 Å². The lowest BCUT2D eigenvalue weighted by molar-refractivity contribution is -0.137. The zero-order chi connectivity index (χ0) is 21.1. The van der Waals surface area contributed by atoms with Crippen LogP contribution in [0.2, 0.25) is 0 Å². The summed E-state index contributed by atoms with van der Waals surface area (Å²) in [6, 6.07) is 13.9. The Morgan fingerprint density at radius 2 is 1.90 bits per heavy atom. The van der Waals surface area contributed by atoms with Gasteiger partial charge in [0.1, 0.15) is 17.7 Å². The SMILES string of the molecule is O=c1[nH]c(NCCOc2cccc(C(F)(F)F)c2)nc2c1cnn2-c1ccccc1. The normalized spacial score (nSPS) is 11.6. The van der Waals surface area contributed by atoms with Crippen molar-refractivity contribution in [2.75, 3.05) is 18.5 Å². The van der Waals surface area contributed by atoms with Crippen molar-refractivity contribution in [1.29, 1.82) is 0 Å². The van der Waals surface area contributed by atoms with E-state index >= 15 is 0 Å². The minimum atomic E-state index is -4.43. The molecule has 10 heteroatoms. The molecule has 7 nitrogen and oxygen atoms in total. The van der Waals surface area contributed by atoms with Crippen molar-refractivity contribution < 1.29 is 17.9 Å². The van der Waals surface area contributed by atoms with E-state index in [1.807, 2.05) is 30.3 Å². The van der Waals surface area contributed by atoms with Gasteiger partial charge in [0.15, 0.2) is 5.65 Å². The number of aromatic amines is 1. The Balaban J connectivity index is 1.45. The van der Waals surface area contributed by atoms with Crippen LogP contribution >= 0.6 is 0 Å². The predicted molar refractivity (Wildman–Crippen MR) is 105 cm³/mol. The number of anilines is 1. The number of hydrogen-bond donors (Lipinski definition) is 2. The van der Waals surface area contributed by atoms with Crippen LogP contribution in [0.25, 0.3) is 16.7 Å². The van der Waals surface area contributed by atoms with Crippen LogP contribution in [0.15, 0.2) is 65.6 Å². The summed E-state index contributed by atoms with van der Waals surface area (Å²) < 4.78 is 45.2. The number of ether oxygens (including phenoxy) is 1. The summed E-state index contributed by atoms with van der Waals surface area (Å²) >= 11 is 0. The van der Waals surface area contributed by atoms with Gasteiger partial charge in [-0.05, 0) is 30.3 Å². The number of rotatable bonds is 6. The number of benzene rings is 2. The maximum atomic E-state index is 12.8. The average molecular weight is 415 g/mol. The molecule has 0 aliphatic heterocycles. The number of nitrogens with zero attached hydrogens (tertiary/aromatic N) is 3. The fraction of sp³-hybridized carbons (Fsp3) is 0.150. The van der Waals surface area contributed by atoms with Crippen molar-refractivity contribution in [3.05, 3.63) is 76.7 Å².